The van der Waals surface area contributed by atoms with Crippen LogP contribution < -0.4 is 0 Å². The number of hydrogen-bond acceptors (Lipinski definition) is 14. The van der Waals surface area contributed by atoms with Crippen LogP contribution >= 0.6 is 43.5 Å². The Balaban J connectivity index is 1.42. The topological polar surface area (TPSA) is 311 Å². The van der Waals surface area contributed by atoms with E-state index in [-0.39, 0.29) is 19.6 Å². The minimum Gasteiger partial charge on any atom is -0.769 e. The molecule has 16 nitrogen and oxygen atoms in total. The van der Waals surface area contributed by atoms with Gasteiger partial charge in [-0.2, -0.15) is 0 Å². The predicted octanol–water partition coefficient (Wildman–Crippen LogP) is 12.3. The summed E-state index contributed by atoms with van der Waals surface area (Å²) < 4.78 is 128. The van der Waals surface area contributed by atoms with Crippen molar-refractivity contribution in [1.82, 2.24) is 19.9 Å². The van der Waals surface area contributed by atoms with E-state index in [1.165, 1.54) is 48.5 Å². The highest BCUT2D eigenvalue weighted by Crippen LogP contribution is 2.48. The van der Waals surface area contributed by atoms with Crippen molar-refractivity contribution in [3.8, 4) is 44.5 Å². The average Bonchev–Trinajstić information content (AvgIpc) is 4.08. The van der Waals surface area contributed by atoms with Gasteiger partial charge in [-0.05, 0) is 119 Å². The monoisotopic (exact) mass is 938 g/mol. The maximum Gasteiger partial charge on any atom is 0.0738 e. The third-order valence-electron chi connectivity index (χ3n) is 10.6. The van der Waals surface area contributed by atoms with Gasteiger partial charge in [0.1, 0.15) is 0 Å². The van der Waals surface area contributed by atoms with Crippen LogP contribution in [0.25, 0.3) is 90.9 Å². The Morgan fingerprint density at radius 1 is 0.297 bits per heavy atom. The zero-order valence-electron chi connectivity index (χ0n) is 32.6. The first-order valence-corrected chi connectivity index (χ1v) is 24.7. The molecule has 0 saturated carbocycles. The Hall–Kier alpha value is -5.60. The first kappa shape index (κ1) is 43.6. The molecule has 10 N–H and O–H groups in total. The maximum atomic E-state index is 12.1. The summed E-state index contributed by atoms with van der Waals surface area (Å²) in [5.41, 5.74) is 8.06. The fourth-order valence-corrected chi connectivity index (χ4v) is 9.58. The van der Waals surface area contributed by atoms with E-state index in [1.807, 2.05) is 0 Å². The van der Waals surface area contributed by atoms with Gasteiger partial charge in [0.2, 0.25) is 0 Å². The molecule has 0 radical (unpaired) electrons. The van der Waals surface area contributed by atoms with E-state index in [9.17, 15) is 54.6 Å². The molecule has 4 aromatic carbocycles. The Morgan fingerprint density at radius 2 is 0.516 bits per heavy atom. The molecular weight excluding hydrogens is 905 g/mol. The van der Waals surface area contributed by atoms with E-state index in [1.54, 1.807) is 97.1 Å². The van der Waals surface area contributed by atoms with Crippen LogP contribution in [0.2, 0.25) is 0 Å². The normalized spacial score (nSPS) is 14.2. The number of nitrogens with one attached hydrogen (secondary N) is 2. The standard InChI is InChI=1S/C44H38N4O12S4/c49-61(50,51)29-9-1-25(2-10-29)41-33-17-19-35(45-33)42(26-3-11-30(12-4-26)62(52,53)54)37-21-23-39(47-37)44(28-7-15-32(16-8-28)64(58,59)60)40-24-22-38(48-40)43(36-20-18-34(41)46-36)27-5-13-31(14-6-27)63(55,56)57/h1-24,45-46,49-60H/p-4. The molecule has 5 heterocycles. The fourth-order valence-electron chi connectivity index (χ4n) is 7.62. The molecule has 20 heteroatoms. The third-order valence-corrected chi connectivity index (χ3v) is 14.1. The Kier molecular flexibility index (Phi) is 11.0. The first-order valence-electron chi connectivity index (χ1n) is 18.8. The molecule has 0 amide bonds. The van der Waals surface area contributed by atoms with E-state index >= 15 is 0 Å². The molecule has 64 heavy (non-hydrogen) atoms. The lowest BCUT2D eigenvalue weighted by Gasteiger charge is -2.33. The van der Waals surface area contributed by atoms with E-state index in [0.717, 1.165) is 0 Å². The highest BCUT2D eigenvalue weighted by molar-refractivity contribution is 8.20. The van der Waals surface area contributed by atoms with Crippen LogP contribution in [0.4, 0.5) is 0 Å². The third kappa shape index (κ3) is 8.54. The number of hydrogen-bond donors (Lipinski definition) is 10. The van der Waals surface area contributed by atoms with Gasteiger partial charge in [-0.1, -0.05) is 92.0 Å². The fraction of sp³-hybridized carbons (Fsp3) is 0. The predicted molar refractivity (Wildman–Crippen MR) is 248 cm³/mol. The van der Waals surface area contributed by atoms with Crippen molar-refractivity contribution in [2.75, 3.05) is 0 Å². The van der Waals surface area contributed by atoms with Gasteiger partial charge in [0.25, 0.3) is 0 Å². The van der Waals surface area contributed by atoms with Crippen LogP contribution in [0.5, 0.6) is 0 Å². The van der Waals surface area contributed by atoms with Gasteiger partial charge >= 0.3 is 0 Å². The second-order valence-corrected chi connectivity index (χ2v) is 20.4. The van der Waals surface area contributed by atoms with Gasteiger partial charge in [0.15, 0.2) is 0 Å². The molecule has 0 aliphatic carbocycles. The lowest BCUT2D eigenvalue weighted by Crippen LogP contribution is -1.96. The van der Waals surface area contributed by atoms with Crippen LogP contribution in [0, 0.1) is 0 Å². The van der Waals surface area contributed by atoms with E-state index < -0.39 is 43.5 Å². The van der Waals surface area contributed by atoms with Gasteiger partial charge in [0.05, 0.1) is 22.8 Å². The molecule has 2 aliphatic heterocycles. The summed E-state index contributed by atoms with van der Waals surface area (Å²) in [7, 11) is -17.1. The molecule has 2 aliphatic rings. The number of nitrogens with zero attached hydrogens (tertiary/aromatic N) is 2. The van der Waals surface area contributed by atoms with Crippen LogP contribution in [-0.2, 0) is 0 Å². The van der Waals surface area contributed by atoms with Crippen molar-refractivity contribution in [2.45, 2.75) is 19.6 Å². The Bertz CT molecular complexity index is 3030. The summed E-state index contributed by atoms with van der Waals surface area (Å²) in [6, 6.07) is 30.2. The highest BCUT2D eigenvalue weighted by Gasteiger charge is 2.21. The van der Waals surface area contributed by atoms with E-state index in [0.29, 0.717) is 89.4 Å². The lowest BCUT2D eigenvalue weighted by atomic mass is 10.0. The molecule has 0 unspecified atom stereocenters. The SMILES string of the molecule is [O-]S(O)(O)c1ccc(-c2c3nc(c(-c4ccc(S([O-])(O)O)cc4)c4ccc([nH]4)c(-c4ccc(S([O-])(O)O)cc4)c4ccc([nH]4)c(-c4ccc(S([O-])(O)O)cc4)c4nc2C=C4)C=C3)cc1. The zero-order chi connectivity index (χ0) is 45.3. The molecule has 330 valence electrons. The number of aromatic amines is 2. The first-order chi connectivity index (χ1) is 30.2. The van der Waals surface area contributed by atoms with Crippen molar-refractivity contribution in [3.63, 3.8) is 0 Å². The Morgan fingerprint density at radius 3 is 0.781 bits per heavy atom. The number of rotatable bonds is 8. The molecular formula is C44H34N4O12S4-4. The van der Waals surface area contributed by atoms with Gasteiger partial charge in [0, 0.05) is 63.9 Å². The summed E-state index contributed by atoms with van der Waals surface area (Å²) in [4.78, 5) is 16.3. The quantitative estimate of drug-likeness (QED) is 0.0677. The molecule has 7 aromatic rings. The van der Waals surface area contributed by atoms with E-state index in [4.69, 9.17) is 9.97 Å². The minimum atomic E-state index is -4.29. The zero-order valence-corrected chi connectivity index (χ0v) is 35.9. The molecule has 8 bridgehead atoms. The summed E-state index contributed by atoms with van der Waals surface area (Å²) in [5, 5.41) is 0. The van der Waals surface area contributed by atoms with Crippen molar-refractivity contribution < 1.29 is 54.6 Å². The molecule has 0 atom stereocenters. The van der Waals surface area contributed by atoms with Gasteiger partial charge in [-0.15, -0.1) is 0 Å². The molecule has 0 spiro atoms. The van der Waals surface area contributed by atoms with E-state index in [2.05, 4.69) is 9.97 Å². The number of fused-ring (bicyclic) bond motifs is 8. The van der Waals surface area contributed by atoms with Gasteiger partial charge < -0.3 is 64.6 Å². The Labute approximate surface area is 370 Å². The molecule has 3 aromatic heterocycles. The van der Waals surface area contributed by atoms with Crippen LogP contribution in [0.1, 0.15) is 22.8 Å². The summed E-state index contributed by atoms with van der Waals surface area (Å²) in [6.45, 7) is 0. The van der Waals surface area contributed by atoms with Crippen molar-refractivity contribution in [3.05, 3.63) is 144 Å². The van der Waals surface area contributed by atoms with Crippen LogP contribution in [-0.4, -0.2) is 74.6 Å². The van der Waals surface area contributed by atoms with Gasteiger partial charge in [-0.25, -0.2) is 9.97 Å². The lowest BCUT2D eigenvalue weighted by molar-refractivity contribution is 0.358. The molecule has 0 fully saturated rings. The highest BCUT2D eigenvalue weighted by atomic mass is 32.3. The second-order valence-electron chi connectivity index (χ2n) is 14.6. The average molecular weight is 939 g/mol. The summed E-state index contributed by atoms with van der Waals surface area (Å²) >= 11 is 0. The molecule has 0 saturated heterocycles. The van der Waals surface area contributed by atoms with Gasteiger partial charge in [-0.3, -0.25) is 0 Å². The van der Waals surface area contributed by atoms with Crippen LogP contribution in [0.15, 0.2) is 141 Å². The van der Waals surface area contributed by atoms with Crippen molar-refractivity contribution in [2.24, 2.45) is 0 Å². The number of aromatic nitrogens is 4. The van der Waals surface area contributed by atoms with Crippen LogP contribution in [0.3, 0.4) is 0 Å². The summed E-state index contributed by atoms with van der Waals surface area (Å²) in [5.74, 6) is 0. The van der Waals surface area contributed by atoms with Crippen molar-refractivity contribution >= 4 is 89.9 Å². The second kappa shape index (κ2) is 16.1. The largest absolute Gasteiger partial charge is 0.769 e. The maximum absolute atomic E-state index is 12.1. The number of H-pyrrole nitrogens is 2. The van der Waals surface area contributed by atoms with Crippen molar-refractivity contribution in [1.29, 1.82) is 0 Å². The molecule has 9 rings (SSSR count). The smallest absolute Gasteiger partial charge is 0.0738 e. The minimum absolute atomic E-state index is 0.211. The summed E-state index contributed by atoms with van der Waals surface area (Å²) in [6.07, 6.45) is 7.01. The number of benzene rings is 4.